The first-order valence-corrected chi connectivity index (χ1v) is 4.77. The normalized spacial score (nSPS) is 9.70. The van der Waals surface area contributed by atoms with E-state index in [2.05, 4.69) is 15.9 Å². The Bertz CT molecular complexity index is 246. The lowest BCUT2D eigenvalue weighted by molar-refractivity contribution is 0.222. The molecule has 1 N–H and O–H groups in total. The van der Waals surface area contributed by atoms with Crippen LogP contribution in [-0.4, -0.2) is 10.4 Å². The summed E-state index contributed by atoms with van der Waals surface area (Å²) >= 11 is 5.47. The van der Waals surface area contributed by atoms with E-state index in [1.54, 1.807) is 6.07 Å². The van der Waals surface area contributed by atoms with Crippen molar-refractivity contribution < 1.29 is 9.90 Å². The van der Waals surface area contributed by atoms with E-state index in [1.165, 1.54) is 11.3 Å². The second-order valence-corrected chi connectivity index (χ2v) is 5.14. The fourth-order valence-electron chi connectivity index (χ4n) is 0.439. The van der Waals surface area contributed by atoms with Crippen LogP contribution in [0.5, 0.6) is 0 Å². The summed E-state index contributed by atoms with van der Waals surface area (Å²) in [4.78, 5) is 10.1. The van der Waals surface area contributed by atoms with Crippen molar-refractivity contribution in [1.82, 2.24) is 0 Å². The first kappa shape index (κ1) is 8.10. The molecule has 2 nitrogen and oxygen atoms in total. The van der Waals surface area contributed by atoms with Gasteiger partial charge in [0.1, 0.15) is 0 Å². The Morgan fingerprint density at radius 2 is 2.40 bits per heavy atom. The summed E-state index contributed by atoms with van der Waals surface area (Å²) in [5.41, 5.74) is 0. The predicted molar refractivity (Wildman–Crippen MR) is 45.9 cm³/mol. The third-order valence-corrected chi connectivity index (χ3v) is 3.17. The van der Waals surface area contributed by atoms with Crippen LogP contribution >= 0.6 is 39.0 Å². The minimum Gasteiger partial charge on any atom is -0.473 e. The molecule has 1 aromatic rings. The molecule has 0 aliphatic carbocycles. The zero-order valence-electron chi connectivity index (χ0n) is 4.70. The van der Waals surface area contributed by atoms with Crippen molar-refractivity contribution in [3.8, 4) is 0 Å². The first-order valence-electron chi connectivity index (χ1n) is 2.34. The largest absolute Gasteiger partial charge is 0.473 e. The van der Waals surface area contributed by atoms with Gasteiger partial charge in [0.2, 0.25) is 0 Å². The molecule has 10 heavy (non-hydrogen) atoms. The standard InChI is InChI=1S/C5H3BrO2S2/c6-3-1-2-4(9-3)10-5(7)8/h1-2H,(H,7,8). The number of carboxylic acid groups (broad SMARTS) is 1. The average Bonchev–Trinajstić information content (AvgIpc) is 2.13. The molecule has 5 heteroatoms. The second kappa shape index (κ2) is 3.41. The van der Waals surface area contributed by atoms with Gasteiger partial charge in [-0.2, -0.15) is 0 Å². The van der Waals surface area contributed by atoms with E-state index < -0.39 is 5.30 Å². The molecule has 0 radical (unpaired) electrons. The Kier molecular flexibility index (Phi) is 2.76. The van der Waals surface area contributed by atoms with Gasteiger partial charge < -0.3 is 5.11 Å². The fraction of sp³-hybridized carbons (Fsp3) is 0. The Morgan fingerprint density at radius 3 is 2.80 bits per heavy atom. The molecule has 1 heterocycles. The topological polar surface area (TPSA) is 37.3 Å². The highest BCUT2D eigenvalue weighted by atomic mass is 79.9. The predicted octanol–water partition coefficient (Wildman–Crippen LogP) is 3.28. The van der Waals surface area contributed by atoms with E-state index in [0.717, 1.165) is 19.8 Å². The van der Waals surface area contributed by atoms with Gasteiger partial charge in [-0.05, 0) is 28.1 Å². The highest BCUT2D eigenvalue weighted by Gasteiger charge is 2.02. The number of hydrogen-bond donors (Lipinski definition) is 1. The number of halogens is 1. The summed E-state index contributed by atoms with van der Waals surface area (Å²) in [6, 6.07) is 3.60. The first-order chi connectivity index (χ1) is 4.68. The zero-order chi connectivity index (χ0) is 7.56. The maximum atomic E-state index is 10.1. The van der Waals surface area contributed by atoms with Crippen LogP contribution < -0.4 is 0 Å². The van der Waals surface area contributed by atoms with Crippen molar-refractivity contribution in [3.05, 3.63) is 15.9 Å². The minimum absolute atomic E-state index is 0.791. The van der Waals surface area contributed by atoms with Crippen LogP contribution in [0.25, 0.3) is 0 Å². The van der Waals surface area contributed by atoms with Gasteiger partial charge >= 0.3 is 5.30 Å². The molecular weight excluding hydrogens is 236 g/mol. The summed E-state index contributed by atoms with van der Waals surface area (Å²) in [5.74, 6) is 0. The monoisotopic (exact) mass is 238 g/mol. The average molecular weight is 239 g/mol. The minimum atomic E-state index is -0.866. The smallest absolute Gasteiger partial charge is 0.370 e. The van der Waals surface area contributed by atoms with E-state index >= 15 is 0 Å². The SMILES string of the molecule is O=C(O)Sc1ccc(Br)s1. The Hall–Kier alpha value is -0.0000000000000000833. The van der Waals surface area contributed by atoms with Crippen LogP contribution in [0.4, 0.5) is 4.79 Å². The Morgan fingerprint density at radius 1 is 1.70 bits per heavy atom. The summed E-state index contributed by atoms with van der Waals surface area (Å²) in [6.45, 7) is 0. The summed E-state index contributed by atoms with van der Waals surface area (Å²) in [7, 11) is 0. The third-order valence-electron chi connectivity index (χ3n) is 0.736. The van der Waals surface area contributed by atoms with Crippen molar-refractivity contribution in [1.29, 1.82) is 0 Å². The molecule has 0 unspecified atom stereocenters. The Balaban J connectivity index is 2.67. The van der Waals surface area contributed by atoms with Gasteiger partial charge in [0, 0.05) is 11.8 Å². The number of thiophene rings is 1. The van der Waals surface area contributed by atoms with E-state index in [0.29, 0.717) is 0 Å². The van der Waals surface area contributed by atoms with Crippen molar-refractivity contribution in [2.24, 2.45) is 0 Å². The van der Waals surface area contributed by atoms with Gasteiger partial charge in [0.25, 0.3) is 0 Å². The van der Waals surface area contributed by atoms with Crippen molar-refractivity contribution in [2.45, 2.75) is 4.21 Å². The van der Waals surface area contributed by atoms with Gasteiger partial charge in [-0.1, -0.05) is 0 Å². The number of carbonyl (C=O) groups is 1. The molecule has 0 aliphatic heterocycles. The molecule has 0 spiro atoms. The van der Waals surface area contributed by atoms with E-state index in [9.17, 15) is 4.79 Å². The lowest BCUT2D eigenvalue weighted by Gasteiger charge is -1.84. The van der Waals surface area contributed by atoms with Gasteiger partial charge in [0.15, 0.2) is 0 Å². The molecule has 0 saturated heterocycles. The molecule has 0 bridgehead atoms. The van der Waals surface area contributed by atoms with E-state index in [-0.39, 0.29) is 0 Å². The maximum absolute atomic E-state index is 10.1. The molecule has 54 valence electrons. The number of hydrogen-bond acceptors (Lipinski definition) is 3. The highest BCUT2D eigenvalue weighted by Crippen LogP contribution is 2.30. The molecule has 0 amide bonds. The second-order valence-electron chi connectivity index (χ2n) is 1.43. The zero-order valence-corrected chi connectivity index (χ0v) is 7.92. The summed E-state index contributed by atoms with van der Waals surface area (Å²) in [6.07, 6.45) is 0. The lowest BCUT2D eigenvalue weighted by atomic mass is 10.7. The van der Waals surface area contributed by atoms with Gasteiger partial charge in [-0.25, -0.2) is 4.79 Å². The molecule has 0 atom stereocenters. The van der Waals surface area contributed by atoms with Gasteiger partial charge in [-0.15, -0.1) is 11.3 Å². The van der Waals surface area contributed by atoms with Crippen LogP contribution in [0, 0.1) is 0 Å². The molecular formula is C5H3BrO2S2. The molecule has 0 aromatic carbocycles. The third kappa shape index (κ3) is 2.32. The van der Waals surface area contributed by atoms with Gasteiger partial charge in [-0.3, -0.25) is 0 Å². The van der Waals surface area contributed by atoms with E-state index in [4.69, 9.17) is 5.11 Å². The molecule has 1 aromatic heterocycles. The maximum Gasteiger partial charge on any atom is 0.370 e. The van der Waals surface area contributed by atoms with Crippen molar-refractivity contribution >= 4 is 44.3 Å². The van der Waals surface area contributed by atoms with Gasteiger partial charge in [0.05, 0.1) is 8.00 Å². The van der Waals surface area contributed by atoms with Crippen molar-refractivity contribution in [3.63, 3.8) is 0 Å². The lowest BCUT2D eigenvalue weighted by Crippen LogP contribution is -1.78. The number of thioether (sulfide) groups is 1. The number of rotatable bonds is 1. The molecule has 0 aliphatic rings. The summed E-state index contributed by atoms with van der Waals surface area (Å²) < 4.78 is 1.75. The van der Waals surface area contributed by atoms with Crippen LogP contribution in [0.3, 0.4) is 0 Å². The van der Waals surface area contributed by atoms with Crippen molar-refractivity contribution in [2.75, 3.05) is 0 Å². The highest BCUT2D eigenvalue weighted by molar-refractivity contribution is 9.11. The Labute approximate surface area is 74.4 Å². The molecule has 1 rings (SSSR count). The summed E-state index contributed by atoms with van der Waals surface area (Å²) in [5, 5.41) is 7.46. The molecule has 0 fully saturated rings. The quantitative estimate of drug-likeness (QED) is 0.764. The molecule has 0 saturated carbocycles. The van der Waals surface area contributed by atoms with Crippen LogP contribution in [0.1, 0.15) is 0 Å². The van der Waals surface area contributed by atoms with Crippen LogP contribution in [0.15, 0.2) is 20.1 Å². The van der Waals surface area contributed by atoms with E-state index in [1.807, 2.05) is 6.07 Å². The van der Waals surface area contributed by atoms with Crippen LogP contribution in [0.2, 0.25) is 0 Å². The fourth-order valence-corrected chi connectivity index (χ4v) is 2.84. The van der Waals surface area contributed by atoms with Crippen LogP contribution in [-0.2, 0) is 0 Å².